The first kappa shape index (κ1) is 13.9. The van der Waals surface area contributed by atoms with Gasteiger partial charge in [-0.25, -0.2) is 0 Å². The minimum Gasteiger partial charge on any atom is -0.329 e. The molecule has 0 saturated heterocycles. The molecule has 0 spiro atoms. The largest absolute Gasteiger partial charge is 0.329 e. The van der Waals surface area contributed by atoms with Crippen molar-refractivity contribution in [2.45, 2.75) is 6.92 Å². The van der Waals surface area contributed by atoms with Crippen LogP contribution in [0.25, 0.3) is 0 Å². The molecule has 2 aliphatic rings. The third kappa shape index (κ3) is 2.17. The zero-order chi connectivity index (χ0) is 15.1. The normalized spacial score (nSPS) is 23.7. The van der Waals surface area contributed by atoms with Gasteiger partial charge in [0, 0.05) is 28.2 Å². The minimum atomic E-state index is -0.671. The summed E-state index contributed by atoms with van der Waals surface area (Å²) in [6, 6.07) is 6.81. The van der Waals surface area contributed by atoms with Crippen molar-refractivity contribution >= 4 is 33.4 Å². The highest BCUT2D eigenvalue weighted by Crippen LogP contribution is 2.42. The predicted octanol–water partition coefficient (Wildman–Crippen LogP) is 2.61. The maximum Gasteiger partial charge on any atom is 0.221 e. The summed E-state index contributed by atoms with van der Waals surface area (Å²) in [7, 11) is 0. The van der Waals surface area contributed by atoms with Crippen LogP contribution in [0.2, 0.25) is 0 Å². The lowest BCUT2D eigenvalue weighted by Crippen LogP contribution is -2.43. The molecule has 3 rings (SSSR count). The average Bonchev–Trinajstić information content (AvgIpc) is 2.46. The minimum absolute atomic E-state index is 0.103. The van der Waals surface area contributed by atoms with E-state index in [0.717, 1.165) is 0 Å². The summed E-state index contributed by atoms with van der Waals surface area (Å²) < 4.78 is 0.662. The molecule has 2 atom stereocenters. The van der Waals surface area contributed by atoms with Gasteiger partial charge >= 0.3 is 0 Å². The third-order valence-electron chi connectivity index (χ3n) is 3.73. The van der Waals surface area contributed by atoms with E-state index in [1.807, 2.05) is 0 Å². The number of amides is 1. The van der Waals surface area contributed by atoms with Crippen molar-refractivity contribution in [3.05, 3.63) is 57.7 Å². The number of rotatable bonds is 1. The van der Waals surface area contributed by atoms with E-state index < -0.39 is 11.8 Å². The van der Waals surface area contributed by atoms with Crippen LogP contribution in [-0.4, -0.2) is 17.5 Å². The fourth-order valence-corrected chi connectivity index (χ4v) is 3.46. The summed E-state index contributed by atoms with van der Waals surface area (Å²) in [5, 5.41) is 2.67. The maximum atomic E-state index is 12.7. The van der Waals surface area contributed by atoms with E-state index in [-0.39, 0.29) is 17.5 Å². The number of carbonyl (C=O) groups is 3. The number of benzene rings is 1. The van der Waals surface area contributed by atoms with E-state index in [9.17, 15) is 14.4 Å². The maximum absolute atomic E-state index is 12.7. The highest BCUT2D eigenvalue weighted by Gasteiger charge is 2.45. The Labute approximate surface area is 130 Å². The third-order valence-corrected chi connectivity index (χ3v) is 4.49. The second-order valence-corrected chi connectivity index (χ2v) is 6.00. The van der Waals surface area contributed by atoms with E-state index in [4.69, 9.17) is 0 Å². The van der Waals surface area contributed by atoms with Gasteiger partial charge < -0.3 is 5.32 Å². The molecule has 0 fully saturated rings. The van der Waals surface area contributed by atoms with Crippen LogP contribution in [0.1, 0.15) is 27.6 Å². The number of Topliss-reactive ketones (excluding diaryl/α,β-unsaturated/α-hetero) is 2. The van der Waals surface area contributed by atoms with Crippen LogP contribution in [0.4, 0.5) is 0 Å². The van der Waals surface area contributed by atoms with Crippen LogP contribution >= 0.6 is 15.9 Å². The molecule has 0 heterocycles. The summed E-state index contributed by atoms with van der Waals surface area (Å²) in [4.78, 5) is 36.7. The lowest BCUT2D eigenvalue weighted by atomic mass is 9.71. The van der Waals surface area contributed by atoms with E-state index in [2.05, 4.69) is 21.2 Å². The molecule has 0 saturated carbocycles. The number of allylic oxidation sites excluding steroid dienone is 4. The number of carbonyl (C=O) groups excluding carboxylic acids is 3. The Kier molecular flexibility index (Phi) is 3.37. The molecule has 1 N–H and O–H groups in total. The van der Waals surface area contributed by atoms with Gasteiger partial charge in [-0.15, -0.1) is 0 Å². The average molecular weight is 346 g/mol. The highest BCUT2D eigenvalue weighted by molar-refractivity contribution is 9.11. The molecule has 1 aromatic rings. The first-order chi connectivity index (χ1) is 10.0. The number of hydrogen-bond acceptors (Lipinski definition) is 3. The topological polar surface area (TPSA) is 63.2 Å². The molecule has 0 aromatic heterocycles. The SMILES string of the molecule is CC(=O)NC1=CC=C(Br)[C@@H]2C(=O)c3ccccc3C(=O)[C@H]12. The molecule has 4 nitrogen and oxygen atoms in total. The molecule has 21 heavy (non-hydrogen) atoms. The Morgan fingerprint density at radius 1 is 1.05 bits per heavy atom. The molecule has 0 bridgehead atoms. The van der Waals surface area contributed by atoms with Crippen molar-refractivity contribution in [2.75, 3.05) is 0 Å². The Bertz CT molecular complexity index is 733. The van der Waals surface area contributed by atoms with Crippen molar-refractivity contribution < 1.29 is 14.4 Å². The second-order valence-electron chi connectivity index (χ2n) is 5.08. The number of fused-ring (bicyclic) bond motifs is 2. The van der Waals surface area contributed by atoms with E-state index in [1.165, 1.54) is 6.92 Å². The molecular weight excluding hydrogens is 334 g/mol. The Balaban J connectivity index is 2.15. The van der Waals surface area contributed by atoms with Crippen LogP contribution in [-0.2, 0) is 4.79 Å². The highest BCUT2D eigenvalue weighted by atomic mass is 79.9. The molecule has 1 aromatic carbocycles. The Morgan fingerprint density at radius 3 is 2.19 bits per heavy atom. The summed E-state index contributed by atoms with van der Waals surface area (Å²) in [5.74, 6) is -1.77. The molecule has 0 unspecified atom stereocenters. The molecule has 106 valence electrons. The van der Waals surface area contributed by atoms with Crippen LogP contribution in [0.15, 0.2) is 46.6 Å². The standard InChI is InChI=1S/C16H12BrNO3/c1-8(19)18-12-7-6-11(17)13-14(12)16(21)10-5-3-2-4-9(10)15(13)20/h2-7,13-14H,1H3,(H,18,19)/t13-,14+/m0/s1. The summed E-state index contributed by atoms with van der Waals surface area (Å²) >= 11 is 3.37. The lowest BCUT2D eigenvalue weighted by molar-refractivity contribution is -0.118. The van der Waals surface area contributed by atoms with Crippen molar-refractivity contribution in [3.63, 3.8) is 0 Å². The van der Waals surface area contributed by atoms with Crippen LogP contribution in [0.3, 0.4) is 0 Å². The van der Waals surface area contributed by atoms with Crippen molar-refractivity contribution in [3.8, 4) is 0 Å². The number of ketones is 2. The fraction of sp³-hybridized carbons (Fsp3) is 0.188. The van der Waals surface area contributed by atoms with Gasteiger partial charge in [-0.2, -0.15) is 0 Å². The van der Waals surface area contributed by atoms with Gasteiger partial charge in [0.25, 0.3) is 0 Å². The molecular formula is C16H12BrNO3. The van der Waals surface area contributed by atoms with Crippen molar-refractivity contribution in [1.29, 1.82) is 0 Å². The van der Waals surface area contributed by atoms with Crippen molar-refractivity contribution in [2.24, 2.45) is 11.8 Å². The number of nitrogens with one attached hydrogen (secondary N) is 1. The first-order valence-electron chi connectivity index (χ1n) is 6.53. The van der Waals surface area contributed by atoms with Gasteiger partial charge in [-0.05, 0) is 12.2 Å². The fourth-order valence-electron chi connectivity index (χ4n) is 2.86. The van der Waals surface area contributed by atoms with Gasteiger partial charge in [0.05, 0.1) is 11.8 Å². The quantitative estimate of drug-likeness (QED) is 0.850. The Morgan fingerprint density at radius 2 is 1.62 bits per heavy atom. The molecule has 1 amide bonds. The number of halogens is 1. The van der Waals surface area contributed by atoms with Gasteiger partial charge in [0.15, 0.2) is 11.6 Å². The van der Waals surface area contributed by atoms with Gasteiger partial charge in [0.2, 0.25) is 5.91 Å². The van der Waals surface area contributed by atoms with E-state index in [0.29, 0.717) is 21.3 Å². The van der Waals surface area contributed by atoms with Crippen LogP contribution in [0.5, 0.6) is 0 Å². The van der Waals surface area contributed by atoms with Crippen molar-refractivity contribution in [1.82, 2.24) is 5.32 Å². The zero-order valence-corrected chi connectivity index (χ0v) is 12.8. The summed E-state index contributed by atoms with van der Waals surface area (Å²) in [6.45, 7) is 1.38. The molecule has 2 aliphatic carbocycles. The smallest absolute Gasteiger partial charge is 0.221 e. The first-order valence-corrected chi connectivity index (χ1v) is 7.32. The summed E-state index contributed by atoms with van der Waals surface area (Å²) in [5.41, 5.74) is 1.34. The lowest BCUT2D eigenvalue weighted by Gasteiger charge is -2.34. The molecule has 5 heteroatoms. The monoisotopic (exact) mass is 345 g/mol. The zero-order valence-electron chi connectivity index (χ0n) is 11.2. The second kappa shape index (κ2) is 5.07. The molecule has 0 aliphatic heterocycles. The van der Waals surface area contributed by atoms with Gasteiger partial charge in [0.1, 0.15) is 0 Å². The molecule has 0 radical (unpaired) electrons. The van der Waals surface area contributed by atoms with E-state index in [1.54, 1.807) is 36.4 Å². The van der Waals surface area contributed by atoms with Gasteiger partial charge in [-0.1, -0.05) is 40.2 Å². The van der Waals surface area contributed by atoms with Crippen LogP contribution in [0, 0.1) is 11.8 Å². The predicted molar refractivity (Wildman–Crippen MR) is 81.0 cm³/mol. The van der Waals surface area contributed by atoms with Gasteiger partial charge in [-0.3, -0.25) is 14.4 Å². The van der Waals surface area contributed by atoms with Crippen LogP contribution < -0.4 is 5.32 Å². The number of hydrogen-bond donors (Lipinski definition) is 1. The summed E-state index contributed by atoms with van der Waals surface area (Å²) in [6.07, 6.45) is 3.39. The Hall–Kier alpha value is -2.01. The van der Waals surface area contributed by atoms with E-state index >= 15 is 0 Å².